The minimum Gasteiger partial charge on any atom is -0.346 e. The first kappa shape index (κ1) is 15.3. The molecule has 0 aliphatic carbocycles. The van der Waals surface area contributed by atoms with E-state index in [0.29, 0.717) is 28.2 Å². The SMILES string of the molecule is CSc1nnc(-c2ccccc2)c(-c2cnc(N(C)C)nn2)n1. The van der Waals surface area contributed by atoms with Crippen LogP contribution in [-0.4, -0.2) is 50.7 Å². The molecule has 116 valence electrons. The summed E-state index contributed by atoms with van der Waals surface area (Å²) in [6, 6.07) is 9.77. The first-order chi connectivity index (χ1) is 11.2. The van der Waals surface area contributed by atoms with Gasteiger partial charge < -0.3 is 4.90 Å². The molecule has 1 aromatic carbocycles. The van der Waals surface area contributed by atoms with Gasteiger partial charge in [-0.1, -0.05) is 42.1 Å². The molecule has 8 heteroatoms. The van der Waals surface area contributed by atoms with Crippen LogP contribution >= 0.6 is 11.8 Å². The van der Waals surface area contributed by atoms with Gasteiger partial charge in [0.1, 0.15) is 17.1 Å². The van der Waals surface area contributed by atoms with Gasteiger partial charge in [0.15, 0.2) is 0 Å². The average Bonchev–Trinajstić information content (AvgIpc) is 2.62. The molecule has 0 atom stereocenters. The Bertz CT molecular complexity index is 791. The summed E-state index contributed by atoms with van der Waals surface area (Å²) in [5.74, 6) is 0.544. The summed E-state index contributed by atoms with van der Waals surface area (Å²) >= 11 is 1.43. The normalized spacial score (nSPS) is 10.6. The lowest BCUT2D eigenvalue weighted by Gasteiger charge is -2.10. The fraction of sp³-hybridized carbons (Fsp3) is 0.200. The van der Waals surface area contributed by atoms with E-state index in [4.69, 9.17) is 0 Å². The minimum absolute atomic E-state index is 0.544. The largest absolute Gasteiger partial charge is 0.346 e. The summed E-state index contributed by atoms with van der Waals surface area (Å²) in [4.78, 5) is 10.6. The third-order valence-electron chi connectivity index (χ3n) is 3.09. The maximum atomic E-state index is 4.55. The molecular formula is C15H15N7S. The number of rotatable bonds is 4. The molecule has 0 saturated heterocycles. The molecule has 3 aromatic rings. The molecule has 0 saturated carbocycles. The number of aromatic nitrogens is 6. The highest BCUT2D eigenvalue weighted by molar-refractivity contribution is 7.98. The van der Waals surface area contributed by atoms with Gasteiger partial charge in [0.05, 0.1) is 6.20 Å². The van der Waals surface area contributed by atoms with E-state index in [9.17, 15) is 0 Å². The molecule has 0 N–H and O–H groups in total. The molecule has 2 heterocycles. The van der Waals surface area contributed by atoms with Crippen molar-refractivity contribution in [3.63, 3.8) is 0 Å². The van der Waals surface area contributed by atoms with Crippen LogP contribution in [0, 0.1) is 0 Å². The van der Waals surface area contributed by atoms with Crippen molar-refractivity contribution >= 4 is 17.7 Å². The number of hydrogen-bond donors (Lipinski definition) is 0. The van der Waals surface area contributed by atoms with Crippen molar-refractivity contribution in [3.05, 3.63) is 36.5 Å². The number of benzene rings is 1. The monoisotopic (exact) mass is 325 g/mol. The molecule has 0 amide bonds. The Balaban J connectivity index is 2.12. The molecule has 0 unspecified atom stereocenters. The third-order valence-corrected chi connectivity index (χ3v) is 3.63. The molecule has 0 radical (unpaired) electrons. The van der Waals surface area contributed by atoms with Crippen LogP contribution in [0.1, 0.15) is 0 Å². The highest BCUT2D eigenvalue weighted by Gasteiger charge is 2.15. The summed E-state index contributed by atoms with van der Waals surface area (Å²) < 4.78 is 0. The topological polar surface area (TPSA) is 80.6 Å². The first-order valence-electron chi connectivity index (χ1n) is 6.90. The van der Waals surface area contributed by atoms with Gasteiger partial charge in [0.2, 0.25) is 11.1 Å². The van der Waals surface area contributed by atoms with E-state index in [1.165, 1.54) is 11.8 Å². The van der Waals surface area contributed by atoms with E-state index in [1.54, 1.807) is 11.1 Å². The second kappa shape index (κ2) is 6.66. The molecular weight excluding hydrogens is 310 g/mol. The van der Waals surface area contributed by atoms with Crippen LogP contribution in [0.4, 0.5) is 5.95 Å². The second-order valence-corrected chi connectivity index (χ2v) is 5.67. The van der Waals surface area contributed by atoms with Gasteiger partial charge in [-0.3, -0.25) is 0 Å². The summed E-state index contributed by atoms with van der Waals surface area (Å²) in [5, 5.41) is 17.4. The van der Waals surface area contributed by atoms with Gasteiger partial charge >= 0.3 is 0 Å². The second-order valence-electron chi connectivity index (χ2n) is 4.90. The molecule has 3 rings (SSSR count). The highest BCUT2D eigenvalue weighted by atomic mass is 32.2. The quantitative estimate of drug-likeness (QED) is 0.675. The molecule has 23 heavy (non-hydrogen) atoms. The van der Waals surface area contributed by atoms with E-state index in [1.807, 2.05) is 50.7 Å². The van der Waals surface area contributed by atoms with E-state index in [0.717, 1.165) is 5.56 Å². The van der Waals surface area contributed by atoms with Crippen molar-refractivity contribution in [1.82, 2.24) is 30.4 Å². The highest BCUT2D eigenvalue weighted by Crippen LogP contribution is 2.27. The maximum absolute atomic E-state index is 4.55. The molecule has 0 bridgehead atoms. The number of hydrogen-bond acceptors (Lipinski definition) is 8. The van der Waals surface area contributed by atoms with Crippen LogP contribution in [-0.2, 0) is 0 Å². The first-order valence-corrected chi connectivity index (χ1v) is 8.13. The van der Waals surface area contributed by atoms with Crippen LogP contribution in [0.15, 0.2) is 41.7 Å². The fourth-order valence-corrected chi connectivity index (χ4v) is 2.25. The smallest absolute Gasteiger partial charge is 0.244 e. The standard InChI is InChI=1S/C15H15N7S/c1-22(2)14-16-9-11(18-20-14)13-12(10-7-5-4-6-8-10)19-21-15(17-13)23-3/h4-9H,1-3H3. The van der Waals surface area contributed by atoms with Gasteiger partial charge in [-0.15, -0.1) is 20.4 Å². The maximum Gasteiger partial charge on any atom is 0.244 e. The van der Waals surface area contributed by atoms with Crippen molar-refractivity contribution in [2.75, 3.05) is 25.3 Å². The van der Waals surface area contributed by atoms with Crippen molar-refractivity contribution in [3.8, 4) is 22.6 Å². The lowest BCUT2D eigenvalue weighted by Crippen LogP contribution is -2.13. The van der Waals surface area contributed by atoms with Crippen molar-refractivity contribution in [2.45, 2.75) is 5.16 Å². The van der Waals surface area contributed by atoms with Crippen LogP contribution in [0.3, 0.4) is 0 Å². The Morgan fingerprint density at radius 3 is 2.30 bits per heavy atom. The number of anilines is 1. The summed E-state index contributed by atoms with van der Waals surface area (Å²) in [6.45, 7) is 0. The van der Waals surface area contributed by atoms with E-state index in [-0.39, 0.29) is 0 Å². The third kappa shape index (κ3) is 3.26. The fourth-order valence-electron chi connectivity index (χ4n) is 1.95. The van der Waals surface area contributed by atoms with E-state index >= 15 is 0 Å². The Morgan fingerprint density at radius 1 is 0.913 bits per heavy atom. The number of nitrogens with zero attached hydrogens (tertiary/aromatic N) is 7. The van der Waals surface area contributed by atoms with Gasteiger partial charge in [-0.2, -0.15) is 0 Å². The van der Waals surface area contributed by atoms with Gasteiger partial charge in [0.25, 0.3) is 0 Å². The van der Waals surface area contributed by atoms with Crippen LogP contribution in [0.25, 0.3) is 22.6 Å². The van der Waals surface area contributed by atoms with Gasteiger partial charge in [-0.25, -0.2) is 9.97 Å². The molecule has 2 aromatic heterocycles. The predicted molar refractivity (Wildman–Crippen MR) is 90.2 cm³/mol. The molecule has 0 spiro atoms. The van der Waals surface area contributed by atoms with Gasteiger partial charge in [-0.05, 0) is 6.26 Å². The Labute approximate surface area is 138 Å². The zero-order valence-corrected chi connectivity index (χ0v) is 13.8. The average molecular weight is 325 g/mol. The Kier molecular flexibility index (Phi) is 4.42. The minimum atomic E-state index is 0.544. The zero-order chi connectivity index (χ0) is 16.2. The lowest BCUT2D eigenvalue weighted by molar-refractivity contribution is 0.840. The Morgan fingerprint density at radius 2 is 1.70 bits per heavy atom. The van der Waals surface area contributed by atoms with Gasteiger partial charge in [0, 0.05) is 19.7 Å². The lowest BCUT2D eigenvalue weighted by atomic mass is 10.1. The van der Waals surface area contributed by atoms with Crippen molar-refractivity contribution in [2.24, 2.45) is 0 Å². The van der Waals surface area contributed by atoms with Crippen LogP contribution < -0.4 is 4.90 Å². The Hall–Kier alpha value is -2.61. The van der Waals surface area contributed by atoms with Crippen molar-refractivity contribution < 1.29 is 0 Å². The zero-order valence-electron chi connectivity index (χ0n) is 13.0. The van der Waals surface area contributed by atoms with Crippen LogP contribution in [0.2, 0.25) is 0 Å². The molecule has 0 aliphatic rings. The summed E-state index contributed by atoms with van der Waals surface area (Å²) in [7, 11) is 3.73. The molecule has 0 fully saturated rings. The summed E-state index contributed by atoms with van der Waals surface area (Å²) in [6.07, 6.45) is 3.56. The predicted octanol–water partition coefficient (Wildman–Crippen LogP) is 2.18. The van der Waals surface area contributed by atoms with Crippen LogP contribution in [0.5, 0.6) is 0 Å². The summed E-state index contributed by atoms with van der Waals surface area (Å²) in [5.41, 5.74) is 2.78. The van der Waals surface area contributed by atoms with Crippen molar-refractivity contribution in [1.29, 1.82) is 0 Å². The molecule has 0 aliphatic heterocycles. The molecule has 7 nitrogen and oxygen atoms in total. The van der Waals surface area contributed by atoms with E-state index < -0.39 is 0 Å². The van der Waals surface area contributed by atoms with E-state index in [2.05, 4.69) is 30.4 Å². The number of thioether (sulfide) groups is 1.